The van der Waals surface area contributed by atoms with Crippen molar-refractivity contribution in [2.75, 3.05) is 19.8 Å². The zero-order valence-electron chi connectivity index (χ0n) is 10.9. The first-order valence-electron chi connectivity index (χ1n) is 6.42. The molecule has 1 aliphatic rings. The first-order valence-corrected chi connectivity index (χ1v) is 6.42. The van der Waals surface area contributed by atoms with Gasteiger partial charge in [0.1, 0.15) is 0 Å². The fourth-order valence-corrected chi connectivity index (χ4v) is 2.21. The molecule has 0 spiro atoms. The van der Waals surface area contributed by atoms with Crippen LogP contribution in [0.3, 0.4) is 0 Å². The van der Waals surface area contributed by atoms with Crippen LogP contribution in [0, 0.1) is 5.92 Å². The topological polar surface area (TPSA) is 21.3 Å². The van der Waals surface area contributed by atoms with E-state index in [-0.39, 0.29) is 18.9 Å². The highest BCUT2D eigenvalue weighted by Crippen LogP contribution is 2.37. The third-order valence-corrected chi connectivity index (χ3v) is 3.22. The van der Waals surface area contributed by atoms with Gasteiger partial charge in [0, 0.05) is 12.6 Å². The van der Waals surface area contributed by atoms with Crippen LogP contribution in [0.5, 0.6) is 0 Å². The van der Waals surface area contributed by atoms with Crippen molar-refractivity contribution in [3.05, 3.63) is 12.2 Å². The second-order valence-corrected chi connectivity index (χ2v) is 5.05. The molecular weight excluding hydrogens is 243 g/mol. The highest BCUT2D eigenvalue weighted by atomic mass is 19.4. The van der Waals surface area contributed by atoms with Gasteiger partial charge in [0.05, 0.1) is 19.1 Å². The summed E-state index contributed by atoms with van der Waals surface area (Å²) in [5, 5.41) is 3.25. The minimum Gasteiger partial charge on any atom is -0.376 e. The van der Waals surface area contributed by atoms with E-state index in [1.54, 1.807) is 0 Å². The normalized spacial score (nSPS) is 25.1. The lowest BCUT2D eigenvalue weighted by Crippen LogP contribution is -2.38. The van der Waals surface area contributed by atoms with Crippen molar-refractivity contribution in [1.29, 1.82) is 0 Å². The Kier molecular flexibility index (Phi) is 6.15. The van der Waals surface area contributed by atoms with Crippen LogP contribution >= 0.6 is 0 Å². The smallest absolute Gasteiger partial charge is 0.376 e. The standard InChI is InChI=1S/C13H22F3NO/c1-10(2)9-18-8-7-17-12-5-3-11(4-6-12)13(14,15)16/h11-12,17H,1,3-9H2,2H3. The summed E-state index contributed by atoms with van der Waals surface area (Å²) in [6, 6.07) is 0.206. The minimum absolute atomic E-state index is 0.206. The zero-order chi connectivity index (χ0) is 13.6. The van der Waals surface area contributed by atoms with Gasteiger partial charge in [0.15, 0.2) is 0 Å². The second kappa shape index (κ2) is 7.14. The molecule has 0 aromatic heterocycles. The average molecular weight is 265 g/mol. The molecule has 0 heterocycles. The Morgan fingerprint density at radius 3 is 2.39 bits per heavy atom. The third kappa shape index (κ3) is 5.87. The first-order chi connectivity index (χ1) is 8.39. The highest BCUT2D eigenvalue weighted by molar-refractivity contribution is 4.87. The van der Waals surface area contributed by atoms with Gasteiger partial charge in [-0.15, -0.1) is 0 Å². The molecule has 0 unspecified atom stereocenters. The lowest BCUT2D eigenvalue weighted by atomic mass is 9.85. The molecule has 18 heavy (non-hydrogen) atoms. The number of hydrogen-bond donors (Lipinski definition) is 1. The van der Waals surface area contributed by atoms with Crippen molar-refractivity contribution in [2.24, 2.45) is 5.92 Å². The zero-order valence-corrected chi connectivity index (χ0v) is 10.9. The molecule has 0 aromatic carbocycles. The van der Waals surface area contributed by atoms with E-state index in [1.807, 2.05) is 6.92 Å². The summed E-state index contributed by atoms with van der Waals surface area (Å²) in [5.41, 5.74) is 0.973. The van der Waals surface area contributed by atoms with Gasteiger partial charge in [0.2, 0.25) is 0 Å². The molecule has 0 aliphatic heterocycles. The van der Waals surface area contributed by atoms with Gasteiger partial charge in [-0.1, -0.05) is 12.2 Å². The second-order valence-electron chi connectivity index (χ2n) is 5.05. The number of ether oxygens (including phenoxy) is 1. The van der Waals surface area contributed by atoms with Crippen molar-refractivity contribution in [2.45, 2.75) is 44.8 Å². The number of rotatable bonds is 6. The van der Waals surface area contributed by atoms with Crippen molar-refractivity contribution in [3.63, 3.8) is 0 Å². The largest absolute Gasteiger partial charge is 0.391 e. The summed E-state index contributed by atoms with van der Waals surface area (Å²) in [7, 11) is 0. The maximum atomic E-state index is 12.4. The van der Waals surface area contributed by atoms with Crippen molar-refractivity contribution < 1.29 is 17.9 Å². The van der Waals surface area contributed by atoms with E-state index in [2.05, 4.69) is 11.9 Å². The van der Waals surface area contributed by atoms with Crippen LogP contribution in [0.4, 0.5) is 13.2 Å². The lowest BCUT2D eigenvalue weighted by molar-refractivity contribution is -0.182. The Morgan fingerprint density at radius 2 is 1.89 bits per heavy atom. The van der Waals surface area contributed by atoms with Crippen LogP contribution in [-0.2, 0) is 4.74 Å². The Bertz CT molecular complexity index is 257. The first kappa shape index (κ1) is 15.5. The van der Waals surface area contributed by atoms with Gasteiger partial charge in [-0.25, -0.2) is 0 Å². The molecule has 5 heteroatoms. The van der Waals surface area contributed by atoms with Crippen molar-refractivity contribution in [1.82, 2.24) is 5.32 Å². The van der Waals surface area contributed by atoms with E-state index < -0.39 is 12.1 Å². The number of nitrogens with one attached hydrogen (secondary N) is 1. The van der Waals surface area contributed by atoms with E-state index >= 15 is 0 Å². The van der Waals surface area contributed by atoms with Gasteiger partial charge in [-0.3, -0.25) is 0 Å². The maximum absolute atomic E-state index is 12.4. The third-order valence-electron chi connectivity index (χ3n) is 3.22. The predicted molar refractivity (Wildman–Crippen MR) is 65.4 cm³/mol. The molecule has 1 N–H and O–H groups in total. The van der Waals surface area contributed by atoms with E-state index in [9.17, 15) is 13.2 Å². The number of halogens is 3. The molecule has 106 valence electrons. The van der Waals surface area contributed by atoms with Crippen LogP contribution in [0.15, 0.2) is 12.2 Å². The lowest BCUT2D eigenvalue weighted by Gasteiger charge is -2.30. The van der Waals surface area contributed by atoms with Gasteiger partial charge < -0.3 is 10.1 Å². The van der Waals surface area contributed by atoms with E-state index in [1.165, 1.54) is 0 Å². The predicted octanol–water partition coefficient (Wildman–Crippen LogP) is 3.29. The van der Waals surface area contributed by atoms with Crippen LogP contribution in [0.25, 0.3) is 0 Å². The summed E-state index contributed by atoms with van der Waals surface area (Å²) in [5.74, 6) is -1.10. The molecule has 0 bridgehead atoms. The highest BCUT2D eigenvalue weighted by Gasteiger charge is 2.41. The summed E-state index contributed by atoms with van der Waals surface area (Å²) in [4.78, 5) is 0. The molecule has 0 saturated heterocycles. The fraction of sp³-hybridized carbons (Fsp3) is 0.846. The monoisotopic (exact) mass is 265 g/mol. The van der Waals surface area contributed by atoms with Crippen LogP contribution in [0.2, 0.25) is 0 Å². The summed E-state index contributed by atoms with van der Waals surface area (Å²) in [6.45, 7) is 7.43. The van der Waals surface area contributed by atoms with Gasteiger partial charge in [0.25, 0.3) is 0 Å². The van der Waals surface area contributed by atoms with Gasteiger partial charge in [-0.05, 0) is 32.6 Å². The molecule has 1 aliphatic carbocycles. The Morgan fingerprint density at radius 1 is 1.28 bits per heavy atom. The molecule has 0 atom stereocenters. The van der Waals surface area contributed by atoms with Crippen LogP contribution in [-0.4, -0.2) is 32.0 Å². The van der Waals surface area contributed by atoms with Crippen LogP contribution in [0.1, 0.15) is 32.6 Å². The number of hydrogen-bond acceptors (Lipinski definition) is 2. The molecular formula is C13H22F3NO. The molecule has 0 amide bonds. The molecule has 1 rings (SSSR count). The fourth-order valence-electron chi connectivity index (χ4n) is 2.21. The summed E-state index contributed by atoms with van der Waals surface area (Å²) >= 11 is 0. The minimum atomic E-state index is -4.02. The quantitative estimate of drug-likeness (QED) is 0.588. The number of alkyl halides is 3. The van der Waals surface area contributed by atoms with E-state index in [0.717, 1.165) is 5.57 Å². The Balaban J connectivity index is 2.07. The van der Waals surface area contributed by atoms with Gasteiger partial charge >= 0.3 is 6.18 Å². The molecule has 1 fully saturated rings. The van der Waals surface area contributed by atoms with E-state index in [0.29, 0.717) is 32.6 Å². The van der Waals surface area contributed by atoms with Crippen molar-refractivity contribution in [3.8, 4) is 0 Å². The summed E-state index contributed by atoms with van der Waals surface area (Å²) < 4.78 is 42.7. The van der Waals surface area contributed by atoms with Gasteiger partial charge in [-0.2, -0.15) is 13.2 Å². The van der Waals surface area contributed by atoms with E-state index in [4.69, 9.17) is 4.74 Å². The summed E-state index contributed by atoms with van der Waals surface area (Å²) in [6.07, 6.45) is -2.33. The Hall–Kier alpha value is -0.550. The molecule has 0 radical (unpaired) electrons. The average Bonchev–Trinajstić information content (AvgIpc) is 2.27. The molecule has 2 nitrogen and oxygen atoms in total. The maximum Gasteiger partial charge on any atom is 0.391 e. The molecule has 0 aromatic rings. The van der Waals surface area contributed by atoms with Crippen molar-refractivity contribution >= 4 is 0 Å². The van der Waals surface area contributed by atoms with Crippen LogP contribution < -0.4 is 5.32 Å². The SMILES string of the molecule is C=C(C)COCCNC1CCC(C(F)(F)F)CC1. The molecule has 1 saturated carbocycles. The Labute approximate surface area is 107 Å².